The molecule has 0 spiro atoms. The van der Waals surface area contributed by atoms with Gasteiger partial charge >= 0.3 is 0 Å². The number of carbonyl (C=O) groups excluding carboxylic acids is 1. The van der Waals surface area contributed by atoms with E-state index in [0.717, 1.165) is 38.8 Å². The van der Waals surface area contributed by atoms with Crippen molar-refractivity contribution < 1.29 is 19.5 Å². The fourth-order valence-corrected chi connectivity index (χ4v) is 4.15. The van der Waals surface area contributed by atoms with Crippen LogP contribution in [-0.4, -0.2) is 18.9 Å². The molecule has 1 aliphatic heterocycles. The highest BCUT2D eigenvalue weighted by atomic mass is 35.5. The first kappa shape index (κ1) is 22.7. The van der Waals surface area contributed by atoms with Crippen molar-refractivity contribution in [1.29, 1.82) is 0 Å². The normalized spacial score (nSPS) is 14.4. The molecular weight excluding hydrogens is 421 g/mol. The molecule has 1 aliphatic rings. The minimum Gasteiger partial charge on any atom is -0.872 e. The number of ketones is 1. The fourth-order valence-electron chi connectivity index (χ4n) is 3.64. The van der Waals surface area contributed by atoms with E-state index >= 15 is 0 Å². The molecule has 0 atom stereocenters. The average molecular weight is 448 g/mol. The van der Waals surface area contributed by atoms with Gasteiger partial charge in [0.2, 0.25) is 5.78 Å². The molecule has 0 fully saturated rings. The van der Waals surface area contributed by atoms with E-state index in [9.17, 15) is 9.90 Å². The summed E-state index contributed by atoms with van der Waals surface area (Å²) in [5, 5.41) is 13.5. The van der Waals surface area contributed by atoms with Gasteiger partial charge in [0, 0.05) is 21.2 Å². The van der Waals surface area contributed by atoms with Gasteiger partial charge in [-0.3, -0.25) is 4.79 Å². The lowest BCUT2D eigenvalue weighted by atomic mass is 10.0. The van der Waals surface area contributed by atoms with Gasteiger partial charge in [-0.05, 0) is 37.1 Å². The van der Waals surface area contributed by atoms with Crippen molar-refractivity contribution in [3.8, 4) is 11.5 Å². The van der Waals surface area contributed by atoms with Gasteiger partial charge in [0.1, 0.15) is 12.3 Å². The molecule has 1 heterocycles. The number of Topliss-reactive ketones (excluding diaryl/α,β-unsaturated/α-hetero) is 1. The number of rotatable bonds is 9. The van der Waals surface area contributed by atoms with Crippen molar-refractivity contribution in [1.82, 2.24) is 0 Å². The molecular formula is C24H27Cl2NO3. The molecule has 1 N–H and O–H groups in total. The molecule has 30 heavy (non-hydrogen) atoms. The standard InChI is InChI=1S/C24H27Cl2NO3/c1-3-5-12-27(13-6-4-2)15-18-21(28)11-10-16-23(29)22(30-24(16)18)14-17-19(25)8-7-9-20(17)26/h7-11,14,28H,3-6,12-13,15H2,1-2H3. The van der Waals surface area contributed by atoms with E-state index in [2.05, 4.69) is 13.8 Å². The van der Waals surface area contributed by atoms with Crippen LogP contribution in [0.5, 0.6) is 11.5 Å². The number of carbonyl (C=O) groups is 1. The van der Waals surface area contributed by atoms with Crippen LogP contribution < -0.4 is 14.7 Å². The van der Waals surface area contributed by atoms with Gasteiger partial charge in [0.25, 0.3) is 0 Å². The van der Waals surface area contributed by atoms with E-state index in [1.165, 1.54) is 11.0 Å². The number of halogens is 2. The summed E-state index contributed by atoms with van der Waals surface area (Å²) in [5.41, 5.74) is 1.51. The lowest BCUT2D eigenvalue weighted by molar-refractivity contribution is -0.914. The van der Waals surface area contributed by atoms with Gasteiger partial charge in [-0.1, -0.05) is 67.8 Å². The smallest absolute Gasteiger partial charge is 0.231 e. The number of hydrogen-bond acceptors (Lipinski definition) is 3. The molecule has 0 unspecified atom stereocenters. The van der Waals surface area contributed by atoms with Crippen LogP contribution in [0.15, 0.2) is 36.1 Å². The van der Waals surface area contributed by atoms with Crippen LogP contribution in [0.1, 0.15) is 61.0 Å². The molecule has 0 aliphatic carbocycles. The zero-order valence-corrected chi connectivity index (χ0v) is 18.9. The van der Waals surface area contributed by atoms with E-state index in [1.807, 2.05) is 0 Å². The number of allylic oxidation sites excluding steroid dienone is 1. The summed E-state index contributed by atoms with van der Waals surface area (Å²) in [4.78, 5) is 14.3. The zero-order valence-electron chi connectivity index (χ0n) is 17.4. The molecule has 160 valence electrons. The summed E-state index contributed by atoms with van der Waals surface area (Å²) in [6.07, 6.45) is 5.96. The van der Waals surface area contributed by atoms with E-state index in [1.54, 1.807) is 30.3 Å². The third kappa shape index (κ3) is 5.00. The SMILES string of the molecule is CCCC[NH+](CCCC)Cc1c([O-])ccc2c1OC(=Cc1c(Cl)cccc1Cl)C2=O. The molecule has 0 saturated heterocycles. The van der Waals surface area contributed by atoms with Gasteiger partial charge in [-0.25, -0.2) is 0 Å². The van der Waals surface area contributed by atoms with Crippen molar-refractivity contribution in [3.63, 3.8) is 0 Å². The van der Waals surface area contributed by atoms with Gasteiger partial charge in [-0.2, -0.15) is 0 Å². The van der Waals surface area contributed by atoms with E-state index in [4.69, 9.17) is 27.9 Å². The summed E-state index contributed by atoms with van der Waals surface area (Å²) in [7, 11) is 0. The molecule has 3 rings (SSSR count). The molecule has 2 aromatic rings. The maximum absolute atomic E-state index is 12.9. The fraction of sp³-hybridized carbons (Fsp3) is 0.375. The number of quaternary nitrogens is 1. The Morgan fingerprint density at radius 1 is 1.03 bits per heavy atom. The summed E-state index contributed by atoms with van der Waals surface area (Å²) < 4.78 is 5.94. The third-order valence-electron chi connectivity index (χ3n) is 5.37. The molecule has 0 amide bonds. The first-order valence-corrected chi connectivity index (χ1v) is 11.3. The van der Waals surface area contributed by atoms with E-state index < -0.39 is 0 Å². The topological polar surface area (TPSA) is 53.8 Å². The monoisotopic (exact) mass is 447 g/mol. The lowest BCUT2D eigenvalue weighted by Crippen LogP contribution is -3.10. The second kappa shape index (κ2) is 10.3. The first-order chi connectivity index (χ1) is 14.5. The van der Waals surface area contributed by atoms with Crippen LogP contribution in [0.4, 0.5) is 0 Å². The number of unbranched alkanes of at least 4 members (excludes halogenated alkanes) is 2. The summed E-state index contributed by atoms with van der Waals surface area (Å²) in [6.45, 7) is 6.86. The number of fused-ring (bicyclic) bond motifs is 1. The van der Waals surface area contributed by atoms with Crippen LogP contribution in [0.2, 0.25) is 10.0 Å². The molecule has 0 radical (unpaired) electrons. The van der Waals surface area contributed by atoms with Crippen molar-refractivity contribution in [3.05, 3.63) is 62.8 Å². The molecule has 0 bridgehead atoms. The summed E-state index contributed by atoms with van der Waals surface area (Å²) in [5.74, 6) is 0.165. The number of benzene rings is 2. The van der Waals surface area contributed by atoms with Gasteiger partial charge in [0.15, 0.2) is 5.76 Å². The van der Waals surface area contributed by atoms with Gasteiger partial charge in [0.05, 0.1) is 18.7 Å². The second-order valence-corrected chi connectivity index (χ2v) is 8.44. The quantitative estimate of drug-likeness (QED) is 0.568. The molecule has 0 aromatic heterocycles. The summed E-state index contributed by atoms with van der Waals surface area (Å²) in [6, 6.07) is 8.17. The Labute approximate surface area is 188 Å². The summed E-state index contributed by atoms with van der Waals surface area (Å²) >= 11 is 12.5. The number of ether oxygens (including phenoxy) is 1. The highest BCUT2D eigenvalue weighted by Crippen LogP contribution is 2.39. The average Bonchev–Trinajstić information content (AvgIpc) is 3.04. The van der Waals surface area contributed by atoms with Crippen molar-refractivity contribution in [2.45, 2.75) is 46.1 Å². The Balaban J connectivity index is 1.93. The molecule has 2 aromatic carbocycles. The van der Waals surface area contributed by atoms with E-state index in [-0.39, 0.29) is 17.3 Å². The van der Waals surface area contributed by atoms with Crippen molar-refractivity contribution in [2.75, 3.05) is 13.1 Å². The Hall–Kier alpha value is -2.01. The van der Waals surface area contributed by atoms with Crippen LogP contribution >= 0.6 is 23.2 Å². The minimum absolute atomic E-state index is 0.0935. The van der Waals surface area contributed by atoms with Gasteiger partial charge < -0.3 is 14.7 Å². The highest BCUT2D eigenvalue weighted by Gasteiger charge is 2.31. The van der Waals surface area contributed by atoms with Crippen LogP contribution in [0.25, 0.3) is 6.08 Å². The molecule has 6 heteroatoms. The first-order valence-electron chi connectivity index (χ1n) is 10.5. The molecule has 4 nitrogen and oxygen atoms in total. The molecule has 0 saturated carbocycles. The third-order valence-corrected chi connectivity index (χ3v) is 6.03. The minimum atomic E-state index is -0.258. The van der Waals surface area contributed by atoms with Crippen LogP contribution in [0, 0.1) is 0 Å². The van der Waals surface area contributed by atoms with Crippen LogP contribution in [0.3, 0.4) is 0 Å². The van der Waals surface area contributed by atoms with Crippen molar-refractivity contribution >= 4 is 35.1 Å². The predicted molar refractivity (Wildman–Crippen MR) is 120 cm³/mol. The maximum atomic E-state index is 12.9. The highest BCUT2D eigenvalue weighted by molar-refractivity contribution is 6.37. The zero-order chi connectivity index (χ0) is 21.7. The van der Waals surface area contributed by atoms with Crippen LogP contribution in [-0.2, 0) is 6.54 Å². The van der Waals surface area contributed by atoms with Gasteiger partial charge in [-0.15, -0.1) is 0 Å². The number of nitrogens with one attached hydrogen (secondary N) is 1. The Bertz CT molecular complexity index is 927. The van der Waals surface area contributed by atoms with Crippen molar-refractivity contribution in [2.24, 2.45) is 0 Å². The lowest BCUT2D eigenvalue weighted by Gasteiger charge is -2.23. The Morgan fingerprint density at radius 2 is 1.67 bits per heavy atom. The van der Waals surface area contributed by atoms with E-state index in [0.29, 0.717) is 39.0 Å². The second-order valence-electron chi connectivity index (χ2n) is 7.63. The predicted octanol–water partition coefficient (Wildman–Crippen LogP) is 4.67. The Kier molecular flexibility index (Phi) is 7.81. The number of hydrogen-bond donors (Lipinski definition) is 1. The maximum Gasteiger partial charge on any atom is 0.231 e. The Morgan fingerprint density at radius 3 is 2.27 bits per heavy atom. The largest absolute Gasteiger partial charge is 0.872 e.